The summed E-state index contributed by atoms with van der Waals surface area (Å²) < 4.78 is 90.6. The van der Waals surface area contributed by atoms with Crippen molar-refractivity contribution in [1.82, 2.24) is 33.7 Å². The molecule has 4 heterocycles. The summed E-state index contributed by atoms with van der Waals surface area (Å²) in [6, 6.07) is 9.28. The highest BCUT2D eigenvalue weighted by molar-refractivity contribution is 7.92. The van der Waals surface area contributed by atoms with Crippen LogP contribution >= 0.6 is 23.2 Å². The lowest BCUT2D eigenvalue weighted by atomic mass is 9.84. The summed E-state index contributed by atoms with van der Waals surface area (Å²) >= 11 is 14.1. The van der Waals surface area contributed by atoms with Gasteiger partial charge in [-0.15, -0.1) is 0 Å². The van der Waals surface area contributed by atoms with E-state index in [4.69, 9.17) is 38.5 Å². The predicted molar refractivity (Wildman–Crippen MR) is 241 cm³/mol. The van der Waals surface area contributed by atoms with Gasteiger partial charge in [0.05, 0.1) is 56.7 Å². The highest BCUT2D eigenvalue weighted by Crippen LogP contribution is 2.43. The van der Waals surface area contributed by atoms with Gasteiger partial charge in [0.2, 0.25) is 10.0 Å². The van der Waals surface area contributed by atoms with Crippen molar-refractivity contribution < 1.29 is 25.3 Å². The van der Waals surface area contributed by atoms with Crippen molar-refractivity contribution in [2.45, 2.75) is 98.6 Å². The standard InChI is InChI=1S/C38H51Cl2N11O6S3/c1-20-43-33(46-58(12,52)53)26-15-21(16-27(51(20)26)38(8,9)10)18-49-32-24(37(5,6)7)17-22(30(40)29(32)35(45-49)47-59(41,54)55)19-50-31-23(36(2,3)4)13-14-25(39)28(31)34(44-50)48-60(56,57)42-11/h13-17,42,46H,18-19H2,1-12H3,(H,44,48)(H,45,47)(H2,41,54,55). The van der Waals surface area contributed by atoms with Crippen LogP contribution < -0.4 is 24.0 Å². The fourth-order valence-corrected chi connectivity index (χ4v) is 9.29. The maximum absolute atomic E-state index is 12.8. The van der Waals surface area contributed by atoms with Gasteiger partial charge in [0.15, 0.2) is 17.5 Å². The molecule has 0 saturated carbocycles. The molecule has 17 nitrogen and oxygen atoms in total. The van der Waals surface area contributed by atoms with E-state index in [0.717, 1.165) is 23.1 Å². The second-order valence-corrected chi connectivity index (χ2v) is 23.5. The maximum Gasteiger partial charge on any atom is 0.300 e. The number of sulfonamides is 1. The minimum atomic E-state index is -4.38. The van der Waals surface area contributed by atoms with E-state index in [0.29, 0.717) is 38.9 Å². The normalized spacial score (nSPS) is 13.5. The fraction of sp³-hybridized carbons (Fsp3) is 0.447. The van der Waals surface area contributed by atoms with E-state index in [-0.39, 0.29) is 46.0 Å². The van der Waals surface area contributed by atoms with E-state index < -0.39 is 46.7 Å². The minimum Gasteiger partial charge on any atom is -0.298 e. The number of fused-ring (bicyclic) bond motifs is 3. The third-order valence-electron chi connectivity index (χ3n) is 9.89. The van der Waals surface area contributed by atoms with Crippen LogP contribution in [0.5, 0.6) is 0 Å². The third-order valence-corrected chi connectivity index (χ3v) is 12.7. The van der Waals surface area contributed by atoms with Gasteiger partial charge in [-0.1, -0.05) is 91.6 Å². The number of aryl methyl sites for hydroxylation is 1. The molecule has 0 atom stereocenters. The Balaban J connectivity index is 1.64. The zero-order chi connectivity index (χ0) is 44.9. The van der Waals surface area contributed by atoms with Crippen LogP contribution in [0.15, 0.2) is 30.3 Å². The van der Waals surface area contributed by atoms with Gasteiger partial charge in [0.1, 0.15) is 5.82 Å². The van der Waals surface area contributed by atoms with Gasteiger partial charge in [-0.05, 0) is 64.3 Å². The molecule has 326 valence electrons. The zero-order valence-corrected chi connectivity index (χ0v) is 39.5. The molecular formula is C38H51Cl2N11O6S3. The molecule has 0 aliphatic rings. The molecule has 0 amide bonds. The number of imidazole rings is 1. The first kappa shape index (κ1) is 45.3. The average Bonchev–Trinajstić information content (AvgIpc) is 3.70. The Morgan fingerprint density at radius 3 is 1.82 bits per heavy atom. The van der Waals surface area contributed by atoms with Crippen molar-refractivity contribution in [2.24, 2.45) is 5.14 Å². The van der Waals surface area contributed by atoms with Crippen molar-refractivity contribution >= 4 is 98.4 Å². The number of benzene rings is 2. The topological polar surface area (TPSA) is 230 Å². The number of halogens is 2. The van der Waals surface area contributed by atoms with Crippen LogP contribution in [0.3, 0.4) is 0 Å². The number of anilines is 3. The van der Waals surface area contributed by atoms with Crippen LogP contribution in [-0.2, 0) is 59.8 Å². The summed E-state index contributed by atoms with van der Waals surface area (Å²) in [5.74, 6) is 0.631. The number of pyridine rings is 1. The Morgan fingerprint density at radius 2 is 1.28 bits per heavy atom. The van der Waals surface area contributed by atoms with Crippen LogP contribution in [-0.4, -0.2) is 67.5 Å². The smallest absolute Gasteiger partial charge is 0.298 e. The second kappa shape index (κ2) is 15.0. The van der Waals surface area contributed by atoms with E-state index in [1.807, 2.05) is 91.0 Å². The Morgan fingerprint density at radius 1 is 0.717 bits per heavy atom. The summed E-state index contributed by atoms with van der Waals surface area (Å²) in [5.41, 5.74) is 3.79. The van der Waals surface area contributed by atoms with Crippen LogP contribution in [0.1, 0.15) is 96.1 Å². The molecule has 22 heteroatoms. The van der Waals surface area contributed by atoms with E-state index in [9.17, 15) is 25.3 Å². The van der Waals surface area contributed by atoms with Crippen LogP contribution in [0.2, 0.25) is 10.0 Å². The first-order valence-electron chi connectivity index (χ1n) is 18.7. The van der Waals surface area contributed by atoms with Crippen molar-refractivity contribution in [1.29, 1.82) is 0 Å². The monoisotopic (exact) mass is 923 g/mol. The number of nitrogens with two attached hydrogens (primary N) is 1. The maximum atomic E-state index is 12.8. The number of aromatic nitrogens is 6. The van der Waals surface area contributed by atoms with Crippen LogP contribution in [0.25, 0.3) is 27.3 Å². The lowest BCUT2D eigenvalue weighted by Crippen LogP contribution is -2.26. The number of hydrogen-bond donors (Lipinski definition) is 5. The van der Waals surface area contributed by atoms with Gasteiger partial charge in [0.25, 0.3) is 20.4 Å². The Kier molecular flexibility index (Phi) is 11.4. The molecule has 2 aromatic carbocycles. The molecule has 6 rings (SSSR count). The van der Waals surface area contributed by atoms with Gasteiger partial charge >= 0.3 is 0 Å². The van der Waals surface area contributed by atoms with Crippen molar-refractivity contribution in [2.75, 3.05) is 27.5 Å². The lowest BCUT2D eigenvalue weighted by molar-refractivity contribution is 0.555. The highest BCUT2D eigenvalue weighted by atomic mass is 35.5. The molecule has 0 saturated heterocycles. The molecule has 0 fully saturated rings. The lowest BCUT2D eigenvalue weighted by Gasteiger charge is -2.25. The van der Waals surface area contributed by atoms with Crippen LogP contribution in [0.4, 0.5) is 17.5 Å². The summed E-state index contributed by atoms with van der Waals surface area (Å²) in [6.07, 6.45) is 1.06. The quantitative estimate of drug-likeness (QED) is 0.0954. The SMILES string of the molecule is CNS(=O)(=O)Nc1nn(Cc2cc(C(C)(C)C)c3c(c(NS(N)(=O)=O)nn3Cc3cc(C(C)(C)C)n4c(C)nc(NS(C)(=O)=O)c4c3)c2Cl)c2c(C(C)(C)C)ccc(Cl)c12. The Bertz CT molecular complexity index is 3060. The van der Waals surface area contributed by atoms with Crippen molar-refractivity contribution in [3.8, 4) is 0 Å². The molecule has 6 N–H and O–H groups in total. The van der Waals surface area contributed by atoms with E-state index in [1.54, 1.807) is 22.4 Å². The molecule has 0 aliphatic heterocycles. The molecule has 0 spiro atoms. The summed E-state index contributed by atoms with van der Waals surface area (Å²) in [4.78, 5) is 4.55. The third kappa shape index (κ3) is 9.05. The molecule has 0 radical (unpaired) electrons. The van der Waals surface area contributed by atoms with Gasteiger partial charge in [-0.3, -0.25) is 27.9 Å². The molecule has 0 unspecified atom stereocenters. The van der Waals surface area contributed by atoms with Gasteiger partial charge < -0.3 is 0 Å². The Labute approximate surface area is 360 Å². The van der Waals surface area contributed by atoms with E-state index >= 15 is 0 Å². The van der Waals surface area contributed by atoms with E-state index in [2.05, 4.69) is 23.9 Å². The van der Waals surface area contributed by atoms with Crippen molar-refractivity contribution in [3.63, 3.8) is 0 Å². The van der Waals surface area contributed by atoms with Gasteiger partial charge in [-0.25, -0.2) is 23.3 Å². The van der Waals surface area contributed by atoms with Gasteiger partial charge in [0, 0.05) is 18.2 Å². The summed E-state index contributed by atoms with van der Waals surface area (Å²) in [6.45, 7) is 20.0. The number of rotatable bonds is 11. The van der Waals surface area contributed by atoms with Gasteiger partial charge in [-0.2, -0.15) is 27.0 Å². The summed E-state index contributed by atoms with van der Waals surface area (Å²) in [5, 5.41) is 16.2. The highest BCUT2D eigenvalue weighted by Gasteiger charge is 2.31. The molecule has 4 aromatic heterocycles. The minimum absolute atomic E-state index is 0.00133. The molecule has 60 heavy (non-hydrogen) atoms. The zero-order valence-electron chi connectivity index (χ0n) is 35.5. The number of hydrogen-bond acceptors (Lipinski definition) is 9. The molecule has 0 aliphatic carbocycles. The largest absolute Gasteiger partial charge is 0.300 e. The fourth-order valence-electron chi connectivity index (χ4n) is 7.34. The first-order chi connectivity index (χ1) is 27.3. The molecule has 6 aromatic rings. The van der Waals surface area contributed by atoms with Crippen LogP contribution in [0, 0.1) is 6.92 Å². The average molecular weight is 925 g/mol. The Hall–Kier alpha value is -4.18. The predicted octanol–water partition coefficient (Wildman–Crippen LogP) is 6.50. The first-order valence-corrected chi connectivity index (χ1v) is 24.4. The molecular weight excluding hydrogens is 874 g/mol. The number of nitrogens with zero attached hydrogens (tertiary/aromatic N) is 6. The summed E-state index contributed by atoms with van der Waals surface area (Å²) in [7, 11) is -10.8. The number of nitrogens with one attached hydrogen (secondary N) is 4. The second-order valence-electron chi connectivity index (χ2n) is 18.0. The molecule has 0 bridgehead atoms. The van der Waals surface area contributed by atoms with E-state index in [1.165, 1.54) is 7.05 Å². The van der Waals surface area contributed by atoms with Crippen molar-refractivity contribution in [3.05, 3.63) is 74.1 Å².